The summed E-state index contributed by atoms with van der Waals surface area (Å²) in [6.07, 6.45) is 0.895. The van der Waals surface area contributed by atoms with Gasteiger partial charge in [-0.2, -0.15) is 4.39 Å². The number of aromatic nitrogens is 1. The predicted molar refractivity (Wildman–Crippen MR) is 53.8 cm³/mol. The third kappa shape index (κ3) is 4.18. The monoisotopic (exact) mass is 198 g/mol. The minimum atomic E-state index is -0.459. The van der Waals surface area contributed by atoms with Gasteiger partial charge < -0.3 is 10.1 Å². The zero-order chi connectivity index (χ0) is 10.2. The first kappa shape index (κ1) is 10.9. The average Bonchev–Trinajstić information content (AvgIpc) is 2.18. The molecule has 0 aromatic carbocycles. The summed E-state index contributed by atoms with van der Waals surface area (Å²) in [5, 5.41) is 3.01. The zero-order valence-electron chi connectivity index (χ0n) is 8.29. The molecule has 0 unspecified atom stereocenters. The molecular formula is C10H15FN2O. The number of nitrogens with zero attached hydrogens (tertiary/aromatic N) is 1. The summed E-state index contributed by atoms with van der Waals surface area (Å²) in [6, 6.07) is 4.70. The van der Waals surface area contributed by atoms with Gasteiger partial charge in [0.05, 0.1) is 0 Å². The van der Waals surface area contributed by atoms with Crippen LogP contribution in [0, 0.1) is 5.95 Å². The SMILES string of the molecule is CCOCCCNc1cccc(F)n1. The molecule has 0 spiro atoms. The first-order chi connectivity index (χ1) is 6.83. The highest BCUT2D eigenvalue weighted by Crippen LogP contribution is 2.02. The summed E-state index contributed by atoms with van der Waals surface area (Å²) in [5.41, 5.74) is 0. The number of hydrogen-bond donors (Lipinski definition) is 1. The van der Waals surface area contributed by atoms with E-state index in [0.29, 0.717) is 5.82 Å². The van der Waals surface area contributed by atoms with Crippen LogP contribution in [0.4, 0.5) is 10.2 Å². The van der Waals surface area contributed by atoms with Crippen LogP contribution in [-0.2, 0) is 4.74 Å². The molecule has 1 rings (SSSR count). The van der Waals surface area contributed by atoms with E-state index in [4.69, 9.17) is 4.74 Å². The highest BCUT2D eigenvalue weighted by Gasteiger charge is 1.94. The Hall–Kier alpha value is -1.16. The largest absolute Gasteiger partial charge is 0.382 e. The molecule has 0 atom stereocenters. The van der Waals surface area contributed by atoms with Gasteiger partial charge in [-0.3, -0.25) is 0 Å². The molecule has 3 nitrogen and oxygen atoms in total. The number of ether oxygens (including phenoxy) is 1. The molecule has 0 fully saturated rings. The van der Waals surface area contributed by atoms with Crippen LogP contribution < -0.4 is 5.32 Å². The summed E-state index contributed by atoms with van der Waals surface area (Å²) < 4.78 is 17.8. The lowest BCUT2D eigenvalue weighted by atomic mass is 10.4. The smallest absolute Gasteiger partial charge is 0.214 e. The number of pyridine rings is 1. The van der Waals surface area contributed by atoms with Gasteiger partial charge in [0.15, 0.2) is 0 Å². The lowest BCUT2D eigenvalue weighted by molar-refractivity contribution is 0.147. The fourth-order valence-electron chi connectivity index (χ4n) is 1.04. The maximum atomic E-state index is 12.6. The minimum Gasteiger partial charge on any atom is -0.382 e. The van der Waals surface area contributed by atoms with Gasteiger partial charge in [-0.05, 0) is 25.5 Å². The molecule has 1 aromatic rings. The second-order valence-corrected chi connectivity index (χ2v) is 2.82. The fourth-order valence-corrected chi connectivity index (χ4v) is 1.04. The number of rotatable bonds is 6. The Morgan fingerprint density at radius 1 is 1.50 bits per heavy atom. The Morgan fingerprint density at radius 3 is 3.07 bits per heavy atom. The van der Waals surface area contributed by atoms with Gasteiger partial charge >= 0.3 is 0 Å². The molecule has 0 aliphatic carbocycles. The van der Waals surface area contributed by atoms with Gasteiger partial charge in [0.1, 0.15) is 5.82 Å². The van der Waals surface area contributed by atoms with Crippen molar-refractivity contribution in [1.29, 1.82) is 0 Å². The van der Waals surface area contributed by atoms with Gasteiger partial charge in [0.2, 0.25) is 5.95 Å². The van der Waals surface area contributed by atoms with E-state index in [1.165, 1.54) is 6.07 Å². The molecule has 1 aromatic heterocycles. The predicted octanol–water partition coefficient (Wildman–Crippen LogP) is 2.06. The van der Waals surface area contributed by atoms with Crippen LogP contribution in [-0.4, -0.2) is 24.7 Å². The zero-order valence-corrected chi connectivity index (χ0v) is 8.29. The lowest BCUT2D eigenvalue weighted by Crippen LogP contribution is -2.07. The summed E-state index contributed by atoms with van der Waals surface area (Å²) in [4.78, 5) is 3.67. The van der Waals surface area contributed by atoms with E-state index in [1.54, 1.807) is 12.1 Å². The Morgan fingerprint density at radius 2 is 2.36 bits per heavy atom. The second kappa shape index (κ2) is 6.32. The Kier molecular flexibility index (Phi) is 4.93. The maximum absolute atomic E-state index is 12.6. The van der Waals surface area contributed by atoms with Gasteiger partial charge in [-0.25, -0.2) is 4.98 Å². The number of nitrogens with one attached hydrogen (secondary N) is 1. The minimum absolute atomic E-state index is 0.459. The normalized spacial score (nSPS) is 10.1. The molecule has 0 aliphatic heterocycles. The van der Waals surface area contributed by atoms with Crippen molar-refractivity contribution in [3.05, 3.63) is 24.1 Å². The maximum Gasteiger partial charge on any atom is 0.214 e. The van der Waals surface area contributed by atoms with Crippen LogP contribution in [0.3, 0.4) is 0 Å². The third-order valence-corrected chi connectivity index (χ3v) is 1.69. The van der Waals surface area contributed by atoms with Crippen molar-refractivity contribution in [3.63, 3.8) is 0 Å². The van der Waals surface area contributed by atoms with E-state index in [9.17, 15) is 4.39 Å². The van der Waals surface area contributed by atoms with Crippen LogP contribution in [0.25, 0.3) is 0 Å². The van der Waals surface area contributed by atoms with Gasteiger partial charge in [0.25, 0.3) is 0 Å². The molecule has 14 heavy (non-hydrogen) atoms. The number of anilines is 1. The Bertz CT molecular complexity index is 268. The van der Waals surface area contributed by atoms with E-state index in [2.05, 4.69) is 10.3 Å². The van der Waals surface area contributed by atoms with Crippen molar-refractivity contribution in [2.75, 3.05) is 25.1 Å². The topological polar surface area (TPSA) is 34.1 Å². The molecule has 0 saturated heterocycles. The molecule has 1 heterocycles. The standard InChI is InChI=1S/C10H15FN2O/c1-2-14-8-4-7-12-10-6-3-5-9(11)13-10/h3,5-6H,2,4,7-8H2,1H3,(H,12,13). The Balaban J connectivity index is 2.18. The van der Waals surface area contributed by atoms with Crippen molar-refractivity contribution in [2.45, 2.75) is 13.3 Å². The molecule has 78 valence electrons. The van der Waals surface area contributed by atoms with Crippen molar-refractivity contribution in [1.82, 2.24) is 4.98 Å². The van der Waals surface area contributed by atoms with Crippen LogP contribution in [0.5, 0.6) is 0 Å². The van der Waals surface area contributed by atoms with E-state index < -0.39 is 5.95 Å². The van der Waals surface area contributed by atoms with E-state index in [-0.39, 0.29) is 0 Å². The molecule has 0 saturated carbocycles. The number of hydrogen-bond acceptors (Lipinski definition) is 3. The first-order valence-electron chi connectivity index (χ1n) is 4.77. The van der Waals surface area contributed by atoms with E-state index in [1.807, 2.05) is 6.92 Å². The van der Waals surface area contributed by atoms with Crippen LogP contribution in [0.15, 0.2) is 18.2 Å². The van der Waals surface area contributed by atoms with E-state index in [0.717, 1.165) is 26.2 Å². The van der Waals surface area contributed by atoms with Crippen molar-refractivity contribution >= 4 is 5.82 Å². The summed E-state index contributed by atoms with van der Waals surface area (Å²) in [7, 11) is 0. The summed E-state index contributed by atoms with van der Waals surface area (Å²) in [5.74, 6) is 0.112. The fraction of sp³-hybridized carbons (Fsp3) is 0.500. The summed E-state index contributed by atoms with van der Waals surface area (Å²) >= 11 is 0. The highest BCUT2D eigenvalue weighted by atomic mass is 19.1. The van der Waals surface area contributed by atoms with E-state index >= 15 is 0 Å². The van der Waals surface area contributed by atoms with Crippen LogP contribution >= 0.6 is 0 Å². The highest BCUT2D eigenvalue weighted by molar-refractivity contribution is 5.33. The van der Waals surface area contributed by atoms with Crippen LogP contribution in [0.2, 0.25) is 0 Å². The van der Waals surface area contributed by atoms with Crippen molar-refractivity contribution < 1.29 is 9.13 Å². The first-order valence-corrected chi connectivity index (χ1v) is 4.77. The van der Waals surface area contributed by atoms with Crippen molar-refractivity contribution in [2.24, 2.45) is 0 Å². The van der Waals surface area contributed by atoms with Gasteiger partial charge in [-0.15, -0.1) is 0 Å². The molecule has 0 aliphatic rings. The molecule has 4 heteroatoms. The van der Waals surface area contributed by atoms with Crippen molar-refractivity contribution in [3.8, 4) is 0 Å². The lowest BCUT2D eigenvalue weighted by Gasteiger charge is -2.04. The number of halogens is 1. The third-order valence-electron chi connectivity index (χ3n) is 1.69. The van der Waals surface area contributed by atoms with Crippen LogP contribution in [0.1, 0.15) is 13.3 Å². The quantitative estimate of drug-likeness (QED) is 0.561. The molecule has 0 amide bonds. The molecule has 0 bridgehead atoms. The Labute approximate surface area is 83.3 Å². The molecule has 1 N–H and O–H groups in total. The average molecular weight is 198 g/mol. The molecular weight excluding hydrogens is 183 g/mol. The summed E-state index contributed by atoms with van der Waals surface area (Å²) in [6.45, 7) is 4.16. The van der Waals surface area contributed by atoms with Gasteiger partial charge in [0, 0.05) is 19.8 Å². The second-order valence-electron chi connectivity index (χ2n) is 2.82. The molecule has 0 radical (unpaired) electrons. The van der Waals surface area contributed by atoms with Gasteiger partial charge in [-0.1, -0.05) is 6.07 Å².